The third kappa shape index (κ3) is 2.62. The molecule has 0 atom stereocenters. The fraction of sp³-hybridized carbons (Fsp3) is 0.167. The van der Waals surface area contributed by atoms with E-state index >= 15 is 0 Å². The quantitative estimate of drug-likeness (QED) is 0.868. The van der Waals surface area contributed by atoms with Crippen molar-refractivity contribution >= 4 is 23.3 Å². The number of aromatic nitrogens is 3. The highest BCUT2D eigenvalue weighted by molar-refractivity contribution is 6.30. The van der Waals surface area contributed by atoms with Crippen LogP contribution in [0.4, 0.5) is 5.82 Å². The Morgan fingerprint density at radius 1 is 1.30 bits per heavy atom. The second kappa shape index (κ2) is 5.30. The van der Waals surface area contributed by atoms with Crippen molar-refractivity contribution in [2.24, 2.45) is 14.1 Å². The molecular formula is C12H11ClN4O3. The maximum absolute atomic E-state index is 12.0. The molecule has 1 amide bonds. The van der Waals surface area contributed by atoms with Crippen molar-refractivity contribution in [2.45, 2.75) is 0 Å². The minimum absolute atomic E-state index is 0.147. The maximum atomic E-state index is 12.0. The van der Waals surface area contributed by atoms with Gasteiger partial charge >= 0.3 is 5.69 Å². The predicted octanol–water partition coefficient (Wildman–Crippen LogP) is 0.385. The van der Waals surface area contributed by atoms with Gasteiger partial charge in [-0.2, -0.15) is 0 Å². The molecule has 0 bridgehead atoms. The molecule has 0 fully saturated rings. The number of nitrogens with one attached hydrogen (secondary N) is 1. The Balaban J connectivity index is 2.37. The van der Waals surface area contributed by atoms with Crippen molar-refractivity contribution < 1.29 is 4.79 Å². The number of carbonyl (C=O) groups is 1. The SMILES string of the molecule is Cn1cc(C(=O)Nc2ccc(Cl)cn2)c(=O)n(C)c1=O. The number of hydrogen-bond donors (Lipinski definition) is 1. The molecule has 7 nitrogen and oxygen atoms in total. The molecule has 2 heterocycles. The molecule has 0 saturated carbocycles. The van der Waals surface area contributed by atoms with Crippen LogP contribution in [-0.2, 0) is 14.1 Å². The van der Waals surface area contributed by atoms with Gasteiger partial charge in [-0.05, 0) is 12.1 Å². The van der Waals surface area contributed by atoms with Crippen molar-refractivity contribution in [3.05, 3.63) is 56.0 Å². The maximum Gasteiger partial charge on any atom is 0.330 e. The molecule has 0 aliphatic heterocycles. The number of anilines is 1. The molecule has 8 heteroatoms. The summed E-state index contributed by atoms with van der Waals surface area (Å²) < 4.78 is 2.02. The molecule has 1 N–H and O–H groups in total. The largest absolute Gasteiger partial charge is 0.330 e. The van der Waals surface area contributed by atoms with E-state index in [2.05, 4.69) is 10.3 Å². The number of amides is 1. The average Bonchev–Trinajstić information content (AvgIpc) is 2.43. The van der Waals surface area contributed by atoms with Gasteiger partial charge in [0, 0.05) is 26.5 Å². The van der Waals surface area contributed by atoms with E-state index in [1.807, 2.05) is 0 Å². The topological polar surface area (TPSA) is 86.0 Å². The van der Waals surface area contributed by atoms with Crippen molar-refractivity contribution in [1.82, 2.24) is 14.1 Å². The standard InChI is InChI=1S/C12H11ClN4O3/c1-16-6-8(11(19)17(2)12(16)20)10(18)15-9-4-3-7(13)5-14-9/h3-6H,1-2H3,(H,14,15,18). The first-order valence-electron chi connectivity index (χ1n) is 5.59. The minimum atomic E-state index is -0.667. The van der Waals surface area contributed by atoms with Gasteiger partial charge in [0.2, 0.25) is 0 Å². The number of nitrogens with zero attached hydrogens (tertiary/aromatic N) is 3. The Kier molecular flexibility index (Phi) is 3.71. The Bertz CT molecular complexity index is 777. The first-order valence-corrected chi connectivity index (χ1v) is 5.97. The summed E-state index contributed by atoms with van der Waals surface area (Å²) in [5, 5.41) is 2.89. The summed E-state index contributed by atoms with van der Waals surface area (Å²) >= 11 is 5.68. The van der Waals surface area contributed by atoms with E-state index in [1.54, 1.807) is 6.07 Å². The Labute approximate surface area is 118 Å². The lowest BCUT2D eigenvalue weighted by atomic mass is 10.3. The minimum Gasteiger partial charge on any atom is -0.306 e. The zero-order valence-corrected chi connectivity index (χ0v) is 11.5. The lowest BCUT2D eigenvalue weighted by Crippen LogP contribution is -2.40. The van der Waals surface area contributed by atoms with Crippen LogP contribution < -0.4 is 16.6 Å². The average molecular weight is 295 g/mol. The highest BCUT2D eigenvalue weighted by Gasteiger charge is 2.15. The summed E-state index contributed by atoms with van der Waals surface area (Å²) in [5.41, 5.74) is -1.32. The highest BCUT2D eigenvalue weighted by atomic mass is 35.5. The van der Waals surface area contributed by atoms with Crippen LogP contribution in [-0.4, -0.2) is 20.0 Å². The van der Waals surface area contributed by atoms with Crippen LogP contribution in [0.15, 0.2) is 34.1 Å². The fourth-order valence-corrected chi connectivity index (χ4v) is 1.71. The van der Waals surface area contributed by atoms with Gasteiger partial charge in [0.25, 0.3) is 11.5 Å². The zero-order valence-electron chi connectivity index (χ0n) is 10.8. The van der Waals surface area contributed by atoms with E-state index in [4.69, 9.17) is 11.6 Å². The van der Waals surface area contributed by atoms with Crippen molar-refractivity contribution in [1.29, 1.82) is 0 Å². The van der Waals surface area contributed by atoms with Crippen LogP contribution in [0, 0.1) is 0 Å². The van der Waals surface area contributed by atoms with E-state index in [9.17, 15) is 14.4 Å². The molecule has 0 aliphatic rings. The van der Waals surface area contributed by atoms with Crippen LogP contribution in [0.25, 0.3) is 0 Å². The second-order valence-corrected chi connectivity index (χ2v) is 4.55. The molecule has 0 aromatic carbocycles. The molecule has 20 heavy (non-hydrogen) atoms. The number of rotatable bonds is 2. The third-order valence-corrected chi connectivity index (χ3v) is 2.88. The van der Waals surface area contributed by atoms with Gasteiger partial charge in [0.05, 0.1) is 5.02 Å². The van der Waals surface area contributed by atoms with E-state index in [0.717, 1.165) is 9.13 Å². The lowest BCUT2D eigenvalue weighted by Gasteiger charge is -2.07. The fourth-order valence-electron chi connectivity index (χ4n) is 1.60. The summed E-state index contributed by atoms with van der Waals surface area (Å²) in [5.74, 6) is -0.383. The summed E-state index contributed by atoms with van der Waals surface area (Å²) in [7, 11) is 2.76. The van der Waals surface area contributed by atoms with Gasteiger partial charge in [0.15, 0.2) is 0 Å². The Morgan fingerprint density at radius 2 is 2.00 bits per heavy atom. The first kappa shape index (κ1) is 14.0. The van der Waals surface area contributed by atoms with Gasteiger partial charge in [-0.3, -0.25) is 14.2 Å². The number of pyridine rings is 1. The second-order valence-electron chi connectivity index (χ2n) is 4.12. The van der Waals surface area contributed by atoms with Crippen molar-refractivity contribution in [3.8, 4) is 0 Å². The van der Waals surface area contributed by atoms with Crippen LogP contribution in [0.3, 0.4) is 0 Å². The van der Waals surface area contributed by atoms with E-state index in [0.29, 0.717) is 5.02 Å². The van der Waals surface area contributed by atoms with Crippen LogP contribution in [0.1, 0.15) is 10.4 Å². The van der Waals surface area contributed by atoms with Crippen LogP contribution >= 0.6 is 11.6 Å². The number of halogens is 1. The molecule has 0 saturated heterocycles. The van der Waals surface area contributed by atoms with Gasteiger partial charge in [0.1, 0.15) is 11.4 Å². The lowest BCUT2D eigenvalue weighted by molar-refractivity contribution is 0.102. The molecule has 0 spiro atoms. The molecule has 0 unspecified atom stereocenters. The van der Waals surface area contributed by atoms with Crippen molar-refractivity contribution in [3.63, 3.8) is 0 Å². The van der Waals surface area contributed by atoms with Gasteiger partial charge in [-0.15, -0.1) is 0 Å². The van der Waals surface area contributed by atoms with Gasteiger partial charge in [-0.25, -0.2) is 9.78 Å². The highest BCUT2D eigenvalue weighted by Crippen LogP contribution is 2.09. The molecule has 2 aromatic heterocycles. The summed E-state index contributed by atoms with van der Waals surface area (Å²) in [6.07, 6.45) is 2.56. The summed E-state index contributed by atoms with van der Waals surface area (Å²) in [6, 6.07) is 3.07. The molecular weight excluding hydrogens is 284 g/mol. The number of carbonyl (C=O) groups excluding carboxylic acids is 1. The van der Waals surface area contributed by atoms with Gasteiger partial charge < -0.3 is 9.88 Å². The summed E-state index contributed by atoms with van der Waals surface area (Å²) in [4.78, 5) is 39.3. The van der Waals surface area contributed by atoms with Crippen LogP contribution in [0.5, 0.6) is 0 Å². The van der Waals surface area contributed by atoms with Gasteiger partial charge in [-0.1, -0.05) is 11.6 Å². The molecule has 2 rings (SSSR count). The van der Waals surface area contributed by atoms with E-state index in [-0.39, 0.29) is 11.4 Å². The Hall–Kier alpha value is -2.41. The normalized spacial score (nSPS) is 10.3. The monoisotopic (exact) mass is 294 g/mol. The molecule has 104 valence electrons. The van der Waals surface area contributed by atoms with Crippen molar-refractivity contribution in [2.75, 3.05) is 5.32 Å². The molecule has 0 aliphatic carbocycles. The number of hydrogen-bond acceptors (Lipinski definition) is 4. The zero-order chi connectivity index (χ0) is 14.9. The summed E-state index contributed by atoms with van der Waals surface area (Å²) in [6.45, 7) is 0. The third-order valence-electron chi connectivity index (χ3n) is 2.66. The molecule has 2 aromatic rings. The first-order chi connectivity index (χ1) is 9.40. The van der Waals surface area contributed by atoms with E-state index < -0.39 is 17.2 Å². The van der Waals surface area contributed by atoms with Crippen LogP contribution in [0.2, 0.25) is 5.02 Å². The Morgan fingerprint density at radius 3 is 2.60 bits per heavy atom. The predicted molar refractivity (Wildman–Crippen MR) is 74.1 cm³/mol. The number of aryl methyl sites for hydroxylation is 1. The smallest absolute Gasteiger partial charge is 0.306 e. The molecule has 0 radical (unpaired) electrons. The van der Waals surface area contributed by atoms with E-state index in [1.165, 1.54) is 32.6 Å².